The van der Waals surface area contributed by atoms with Gasteiger partial charge in [0, 0.05) is 31.2 Å². The van der Waals surface area contributed by atoms with Crippen LogP contribution in [0.1, 0.15) is 32.9 Å². The second-order valence-corrected chi connectivity index (χ2v) is 9.54. The van der Waals surface area contributed by atoms with Crippen LogP contribution in [0, 0.1) is 24.4 Å². The van der Waals surface area contributed by atoms with E-state index in [0.29, 0.717) is 35.6 Å². The van der Waals surface area contributed by atoms with Crippen LogP contribution < -0.4 is 4.74 Å². The molecule has 0 amide bonds. The van der Waals surface area contributed by atoms with E-state index >= 15 is 4.39 Å². The first-order valence-electron chi connectivity index (χ1n) is 12.8. The molecule has 1 N–H and O–H groups in total. The summed E-state index contributed by atoms with van der Waals surface area (Å²) in [6.07, 6.45) is 0.269. The number of methoxy groups -OCH3 is 1. The van der Waals surface area contributed by atoms with Crippen molar-refractivity contribution in [1.82, 2.24) is 14.5 Å². The van der Waals surface area contributed by atoms with Crippen molar-refractivity contribution in [2.75, 3.05) is 13.7 Å². The van der Waals surface area contributed by atoms with E-state index in [1.54, 1.807) is 50.4 Å². The summed E-state index contributed by atoms with van der Waals surface area (Å²) in [6, 6.07) is 16.4. The van der Waals surface area contributed by atoms with Crippen LogP contribution in [0.3, 0.4) is 0 Å². The number of ether oxygens (including phenoxy) is 2. The molecule has 0 aliphatic heterocycles. The Morgan fingerprint density at radius 3 is 2.49 bits per heavy atom. The molecular weight excluding hydrogens is 535 g/mol. The van der Waals surface area contributed by atoms with Gasteiger partial charge in [-0.15, -0.1) is 0 Å². The van der Waals surface area contributed by atoms with E-state index in [1.807, 2.05) is 4.57 Å². The van der Waals surface area contributed by atoms with Crippen LogP contribution >= 0.6 is 0 Å². The number of aromatic carboxylic acids is 1. The lowest BCUT2D eigenvalue weighted by Crippen LogP contribution is -2.09. The van der Waals surface area contributed by atoms with Gasteiger partial charge in [-0.3, -0.25) is 0 Å². The Morgan fingerprint density at radius 2 is 1.76 bits per heavy atom. The maximum absolute atomic E-state index is 15.3. The van der Waals surface area contributed by atoms with Crippen molar-refractivity contribution in [2.45, 2.75) is 26.5 Å². The molecule has 5 rings (SSSR count). The minimum atomic E-state index is -1.05. The molecule has 0 unspecified atom stereocenters. The number of hydrogen-bond donors (Lipinski definition) is 1. The first kappa shape index (κ1) is 27.9. The number of nitrogens with zero attached hydrogens (tertiary/aromatic N) is 3. The summed E-state index contributed by atoms with van der Waals surface area (Å²) >= 11 is 0. The summed E-state index contributed by atoms with van der Waals surface area (Å²) < 4.78 is 56.4. The zero-order chi connectivity index (χ0) is 29.1. The molecule has 0 atom stereocenters. The largest absolute Gasteiger partial charge is 0.478 e. The van der Waals surface area contributed by atoms with Gasteiger partial charge in [0.2, 0.25) is 0 Å². The number of aryl methyl sites for hydroxylation is 1. The van der Waals surface area contributed by atoms with E-state index in [-0.39, 0.29) is 41.3 Å². The predicted molar refractivity (Wildman–Crippen MR) is 146 cm³/mol. The van der Waals surface area contributed by atoms with Gasteiger partial charge in [-0.1, -0.05) is 18.2 Å². The summed E-state index contributed by atoms with van der Waals surface area (Å²) in [7, 11) is 1.57. The highest BCUT2D eigenvalue weighted by Gasteiger charge is 2.17. The van der Waals surface area contributed by atoms with Gasteiger partial charge in [-0.2, -0.15) is 0 Å². The smallest absolute Gasteiger partial charge is 0.335 e. The Balaban J connectivity index is 1.40. The first-order chi connectivity index (χ1) is 19.7. The van der Waals surface area contributed by atoms with Gasteiger partial charge in [0.15, 0.2) is 5.82 Å². The van der Waals surface area contributed by atoms with Crippen LogP contribution in [-0.4, -0.2) is 39.3 Å². The molecule has 0 saturated heterocycles. The predicted octanol–water partition coefficient (Wildman–Crippen LogP) is 6.34. The molecule has 0 aliphatic rings. The summed E-state index contributed by atoms with van der Waals surface area (Å²) in [5.74, 6) is -2.59. The van der Waals surface area contributed by atoms with Crippen LogP contribution in [0.15, 0.2) is 66.7 Å². The zero-order valence-corrected chi connectivity index (χ0v) is 22.3. The standard InChI is InChI=1S/C31H26F3N3O4/c1-18-3-5-21(24(33)13-18)17-41-30-23(32)8-10-26(36-30)22-7-4-19(14-25(22)34)15-29-35-27-9-6-20(31(38)39)16-28(27)37(29)11-12-40-2/h3-10,13-14,16H,11-12,15,17H2,1-2H3,(H,38,39). The highest BCUT2D eigenvalue weighted by molar-refractivity contribution is 5.92. The van der Waals surface area contributed by atoms with Gasteiger partial charge in [-0.25, -0.2) is 27.9 Å². The molecule has 0 aliphatic carbocycles. The number of benzene rings is 3. The fourth-order valence-corrected chi connectivity index (χ4v) is 4.52. The summed E-state index contributed by atoms with van der Waals surface area (Å²) in [4.78, 5) is 20.3. The van der Waals surface area contributed by atoms with Gasteiger partial charge in [0.25, 0.3) is 5.88 Å². The molecule has 5 aromatic rings. The monoisotopic (exact) mass is 561 g/mol. The number of rotatable bonds is 10. The maximum Gasteiger partial charge on any atom is 0.335 e. The van der Waals surface area contributed by atoms with Crippen molar-refractivity contribution >= 4 is 17.0 Å². The first-order valence-corrected chi connectivity index (χ1v) is 12.8. The third kappa shape index (κ3) is 6.07. The van der Waals surface area contributed by atoms with E-state index in [1.165, 1.54) is 24.3 Å². The molecule has 3 aromatic carbocycles. The average Bonchev–Trinajstić information content (AvgIpc) is 3.28. The van der Waals surface area contributed by atoms with Crippen molar-refractivity contribution in [3.8, 4) is 17.1 Å². The number of carboxylic acid groups (broad SMARTS) is 1. The highest BCUT2D eigenvalue weighted by atomic mass is 19.1. The van der Waals surface area contributed by atoms with E-state index in [0.717, 1.165) is 11.6 Å². The van der Waals surface area contributed by atoms with Crippen molar-refractivity contribution < 1.29 is 32.5 Å². The van der Waals surface area contributed by atoms with E-state index in [4.69, 9.17) is 9.47 Å². The minimum Gasteiger partial charge on any atom is -0.478 e. The average molecular weight is 562 g/mol. The van der Waals surface area contributed by atoms with Gasteiger partial charge in [-0.05, 0) is 66.6 Å². The molecule has 2 aromatic heterocycles. The second kappa shape index (κ2) is 11.8. The van der Waals surface area contributed by atoms with Crippen molar-refractivity contribution in [1.29, 1.82) is 0 Å². The molecule has 0 fully saturated rings. The molecule has 2 heterocycles. The van der Waals surface area contributed by atoms with Crippen LogP contribution in [0.2, 0.25) is 0 Å². The Labute approximate surface area is 233 Å². The lowest BCUT2D eigenvalue weighted by Gasteiger charge is -2.11. The topological polar surface area (TPSA) is 86.5 Å². The number of imidazole rings is 1. The van der Waals surface area contributed by atoms with Crippen molar-refractivity contribution in [2.24, 2.45) is 0 Å². The van der Waals surface area contributed by atoms with E-state index in [9.17, 15) is 18.7 Å². The van der Waals surface area contributed by atoms with Gasteiger partial charge in [0.05, 0.1) is 28.9 Å². The summed E-state index contributed by atoms with van der Waals surface area (Å²) in [5, 5.41) is 9.39. The van der Waals surface area contributed by atoms with Crippen LogP contribution in [0.5, 0.6) is 5.88 Å². The van der Waals surface area contributed by atoms with E-state index in [2.05, 4.69) is 9.97 Å². The quantitative estimate of drug-likeness (QED) is 0.214. The number of fused-ring (bicyclic) bond motifs is 1. The Morgan fingerprint density at radius 1 is 0.927 bits per heavy atom. The Kier molecular flexibility index (Phi) is 8.02. The molecule has 210 valence electrons. The third-order valence-electron chi connectivity index (χ3n) is 6.65. The lowest BCUT2D eigenvalue weighted by atomic mass is 10.1. The number of aromatic nitrogens is 3. The number of hydrogen-bond acceptors (Lipinski definition) is 5. The molecule has 7 nitrogen and oxygen atoms in total. The van der Waals surface area contributed by atoms with Crippen LogP contribution in [-0.2, 0) is 24.3 Å². The molecule has 0 spiro atoms. The summed E-state index contributed by atoms with van der Waals surface area (Å²) in [5.41, 5.74) is 3.30. The van der Waals surface area contributed by atoms with Gasteiger partial charge in [0.1, 0.15) is 24.1 Å². The normalized spacial score (nSPS) is 11.2. The lowest BCUT2D eigenvalue weighted by molar-refractivity contribution is 0.0697. The number of pyridine rings is 1. The van der Waals surface area contributed by atoms with Gasteiger partial charge < -0.3 is 19.1 Å². The molecule has 10 heteroatoms. The molecular formula is C31H26F3N3O4. The number of carbonyl (C=O) groups is 1. The molecule has 0 radical (unpaired) electrons. The Hall–Kier alpha value is -4.70. The highest BCUT2D eigenvalue weighted by Crippen LogP contribution is 2.28. The zero-order valence-electron chi connectivity index (χ0n) is 22.3. The molecule has 0 saturated carbocycles. The molecule has 41 heavy (non-hydrogen) atoms. The van der Waals surface area contributed by atoms with Crippen molar-refractivity contribution in [3.63, 3.8) is 0 Å². The second-order valence-electron chi connectivity index (χ2n) is 9.54. The number of carboxylic acids is 1. The Bertz CT molecular complexity index is 1750. The van der Waals surface area contributed by atoms with Crippen LogP contribution in [0.25, 0.3) is 22.3 Å². The van der Waals surface area contributed by atoms with Crippen molar-refractivity contribution in [3.05, 3.63) is 112 Å². The molecule has 0 bridgehead atoms. The SMILES string of the molecule is COCCn1c(Cc2ccc(-c3ccc(F)c(OCc4ccc(C)cc4F)n3)c(F)c2)nc2ccc(C(=O)O)cc21. The number of halogens is 3. The van der Waals surface area contributed by atoms with E-state index < -0.39 is 23.4 Å². The van der Waals surface area contributed by atoms with Crippen LogP contribution in [0.4, 0.5) is 13.2 Å². The third-order valence-corrected chi connectivity index (χ3v) is 6.65. The fourth-order valence-electron chi connectivity index (χ4n) is 4.52. The maximum atomic E-state index is 15.3. The van der Waals surface area contributed by atoms with Gasteiger partial charge >= 0.3 is 5.97 Å². The minimum absolute atomic E-state index is 0.136. The summed E-state index contributed by atoms with van der Waals surface area (Å²) in [6.45, 7) is 2.33. The fraction of sp³-hybridized carbons (Fsp3) is 0.194.